The highest BCUT2D eigenvalue weighted by atomic mass is 16.5. The molecule has 0 radical (unpaired) electrons. The van der Waals surface area contributed by atoms with Crippen LogP contribution >= 0.6 is 0 Å². The molecule has 6 heteroatoms. The standard InChI is InChI=1S/C15H24N2O4/c1-15(14(16)18,17-7-8-19-2)10-11-5-6-12(20-3)13(9-11)21-4/h5-6,9,17H,7-8,10H2,1-4H3,(H2,16,18). The van der Waals surface area contributed by atoms with Gasteiger partial charge in [-0.2, -0.15) is 0 Å². The fourth-order valence-electron chi connectivity index (χ4n) is 2.06. The smallest absolute Gasteiger partial charge is 0.237 e. The summed E-state index contributed by atoms with van der Waals surface area (Å²) in [6, 6.07) is 5.54. The van der Waals surface area contributed by atoms with Gasteiger partial charge in [0.25, 0.3) is 0 Å². The predicted octanol–water partition coefficient (Wildman–Crippen LogP) is 0.726. The Hall–Kier alpha value is -1.79. The minimum Gasteiger partial charge on any atom is -0.493 e. The summed E-state index contributed by atoms with van der Waals surface area (Å²) in [6.07, 6.45) is 0.451. The number of nitrogens with one attached hydrogen (secondary N) is 1. The molecule has 1 aromatic carbocycles. The van der Waals surface area contributed by atoms with Crippen molar-refractivity contribution in [3.63, 3.8) is 0 Å². The Balaban J connectivity index is 2.90. The van der Waals surface area contributed by atoms with E-state index < -0.39 is 11.4 Å². The van der Waals surface area contributed by atoms with Crippen LogP contribution in [0.1, 0.15) is 12.5 Å². The van der Waals surface area contributed by atoms with Gasteiger partial charge in [-0.25, -0.2) is 0 Å². The van der Waals surface area contributed by atoms with Crippen LogP contribution in [0.3, 0.4) is 0 Å². The highest BCUT2D eigenvalue weighted by molar-refractivity contribution is 5.84. The van der Waals surface area contributed by atoms with Gasteiger partial charge >= 0.3 is 0 Å². The number of ether oxygens (including phenoxy) is 3. The molecule has 0 spiro atoms. The molecule has 0 saturated carbocycles. The van der Waals surface area contributed by atoms with Crippen LogP contribution in [0.4, 0.5) is 0 Å². The molecule has 0 aliphatic carbocycles. The number of benzene rings is 1. The number of primary amides is 1. The lowest BCUT2D eigenvalue weighted by Crippen LogP contribution is -2.55. The largest absolute Gasteiger partial charge is 0.493 e. The van der Waals surface area contributed by atoms with Crippen LogP contribution in [0.5, 0.6) is 11.5 Å². The SMILES string of the molecule is COCCNC(C)(Cc1ccc(OC)c(OC)c1)C(N)=O. The number of rotatable bonds is 9. The quantitative estimate of drug-likeness (QED) is 0.656. The van der Waals surface area contributed by atoms with Gasteiger partial charge in [-0.05, 0) is 31.0 Å². The minimum atomic E-state index is -0.849. The molecule has 3 N–H and O–H groups in total. The summed E-state index contributed by atoms with van der Waals surface area (Å²) in [5.74, 6) is 0.862. The van der Waals surface area contributed by atoms with E-state index in [2.05, 4.69) is 5.32 Å². The molecule has 118 valence electrons. The van der Waals surface area contributed by atoms with E-state index >= 15 is 0 Å². The third kappa shape index (κ3) is 4.61. The summed E-state index contributed by atoms with van der Waals surface area (Å²) in [6.45, 7) is 2.83. The number of nitrogens with two attached hydrogens (primary N) is 1. The summed E-state index contributed by atoms with van der Waals surface area (Å²) in [5.41, 5.74) is 5.61. The average Bonchev–Trinajstić information content (AvgIpc) is 2.47. The number of hydrogen-bond acceptors (Lipinski definition) is 5. The van der Waals surface area contributed by atoms with Gasteiger partial charge in [-0.15, -0.1) is 0 Å². The van der Waals surface area contributed by atoms with Crippen LogP contribution < -0.4 is 20.5 Å². The molecule has 0 fully saturated rings. The Kier molecular flexibility index (Phi) is 6.45. The summed E-state index contributed by atoms with van der Waals surface area (Å²) in [5, 5.41) is 3.14. The highest BCUT2D eigenvalue weighted by Crippen LogP contribution is 2.29. The van der Waals surface area contributed by atoms with E-state index in [1.807, 2.05) is 18.2 Å². The zero-order valence-electron chi connectivity index (χ0n) is 13.1. The molecule has 0 bridgehead atoms. The van der Waals surface area contributed by atoms with Gasteiger partial charge in [0, 0.05) is 13.7 Å². The van der Waals surface area contributed by atoms with Crippen LogP contribution in [-0.2, 0) is 16.0 Å². The maximum Gasteiger partial charge on any atom is 0.237 e. The van der Waals surface area contributed by atoms with Gasteiger partial charge in [0.05, 0.1) is 26.4 Å². The van der Waals surface area contributed by atoms with E-state index in [1.54, 1.807) is 28.3 Å². The Morgan fingerprint density at radius 1 is 1.24 bits per heavy atom. The monoisotopic (exact) mass is 296 g/mol. The maximum absolute atomic E-state index is 11.8. The molecule has 1 rings (SSSR count). The van der Waals surface area contributed by atoms with Crippen molar-refractivity contribution in [1.29, 1.82) is 0 Å². The van der Waals surface area contributed by atoms with Crippen molar-refractivity contribution < 1.29 is 19.0 Å². The molecule has 6 nitrogen and oxygen atoms in total. The first kappa shape index (κ1) is 17.3. The van der Waals surface area contributed by atoms with E-state index in [4.69, 9.17) is 19.9 Å². The van der Waals surface area contributed by atoms with Gasteiger partial charge in [-0.1, -0.05) is 6.07 Å². The number of amides is 1. The van der Waals surface area contributed by atoms with Crippen LogP contribution in [-0.4, -0.2) is 45.9 Å². The van der Waals surface area contributed by atoms with E-state index in [9.17, 15) is 4.79 Å². The lowest BCUT2D eigenvalue weighted by Gasteiger charge is -2.28. The lowest BCUT2D eigenvalue weighted by molar-refractivity contribution is -0.123. The van der Waals surface area contributed by atoms with E-state index in [0.717, 1.165) is 5.56 Å². The third-order valence-electron chi connectivity index (χ3n) is 3.37. The van der Waals surface area contributed by atoms with E-state index in [1.165, 1.54) is 0 Å². The molecular weight excluding hydrogens is 272 g/mol. The molecule has 1 amide bonds. The summed E-state index contributed by atoms with van der Waals surface area (Å²) < 4.78 is 15.5. The summed E-state index contributed by atoms with van der Waals surface area (Å²) in [7, 11) is 4.76. The minimum absolute atomic E-state index is 0.409. The molecule has 0 aliphatic heterocycles. The maximum atomic E-state index is 11.8. The first-order chi connectivity index (χ1) is 9.96. The van der Waals surface area contributed by atoms with E-state index in [0.29, 0.717) is 31.1 Å². The van der Waals surface area contributed by atoms with Crippen LogP contribution in [0.25, 0.3) is 0 Å². The van der Waals surface area contributed by atoms with Crippen molar-refractivity contribution in [2.45, 2.75) is 18.9 Å². The second-order valence-corrected chi connectivity index (χ2v) is 4.98. The zero-order valence-corrected chi connectivity index (χ0v) is 13.1. The molecule has 1 atom stereocenters. The lowest BCUT2D eigenvalue weighted by atomic mass is 9.91. The van der Waals surface area contributed by atoms with Crippen molar-refractivity contribution >= 4 is 5.91 Å². The fraction of sp³-hybridized carbons (Fsp3) is 0.533. The molecule has 0 aliphatic rings. The molecule has 0 aromatic heterocycles. The van der Waals surface area contributed by atoms with Crippen LogP contribution in [0, 0.1) is 0 Å². The Morgan fingerprint density at radius 2 is 1.90 bits per heavy atom. The van der Waals surface area contributed by atoms with E-state index in [-0.39, 0.29) is 0 Å². The summed E-state index contributed by atoms with van der Waals surface area (Å²) >= 11 is 0. The predicted molar refractivity (Wildman–Crippen MR) is 80.7 cm³/mol. The average molecular weight is 296 g/mol. The Labute approximate surface area is 125 Å². The third-order valence-corrected chi connectivity index (χ3v) is 3.37. The molecule has 21 heavy (non-hydrogen) atoms. The molecule has 0 saturated heterocycles. The fourth-order valence-corrected chi connectivity index (χ4v) is 2.06. The molecule has 0 heterocycles. The zero-order chi connectivity index (χ0) is 15.9. The number of hydrogen-bond donors (Lipinski definition) is 2. The van der Waals surface area contributed by atoms with Gasteiger partial charge in [0.1, 0.15) is 0 Å². The molecule has 1 aromatic rings. The highest BCUT2D eigenvalue weighted by Gasteiger charge is 2.30. The Bertz CT molecular complexity index is 479. The van der Waals surface area contributed by atoms with Gasteiger partial charge in [-0.3, -0.25) is 4.79 Å². The van der Waals surface area contributed by atoms with Crippen LogP contribution in [0.2, 0.25) is 0 Å². The summed E-state index contributed by atoms with van der Waals surface area (Å²) in [4.78, 5) is 11.8. The van der Waals surface area contributed by atoms with Crippen molar-refractivity contribution in [3.8, 4) is 11.5 Å². The molecular formula is C15H24N2O4. The van der Waals surface area contributed by atoms with Crippen molar-refractivity contribution in [2.75, 3.05) is 34.5 Å². The van der Waals surface area contributed by atoms with Crippen molar-refractivity contribution in [1.82, 2.24) is 5.32 Å². The van der Waals surface area contributed by atoms with Crippen molar-refractivity contribution in [2.24, 2.45) is 5.73 Å². The Morgan fingerprint density at radius 3 is 2.43 bits per heavy atom. The van der Waals surface area contributed by atoms with Crippen molar-refractivity contribution in [3.05, 3.63) is 23.8 Å². The molecule has 1 unspecified atom stereocenters. The topological polar surface area (TPSA) is 82.8 Å². The number of methoxy groups -OCH3 is 3. The first-order valence-corrected chi connectivity index (χ1v) is 6.71. The first-order valence-electron chi connectivity index (χ1n) is 6.71. The second kappa shape index (κ2) is 7.85. The van der Waals surface area contributed by atoms with Crippen LogP contribution in [0.15, 0.2) is 18.2 Å². The normalized spacial score (nSPS) is 13.5. The second-order valence-electron chi connectivity index (χ2n) is 4.98. The van der Waals surface area contributed by atoms with Gasteiger partial charge in [0.15, 0.2) is 11.5 Å². The number of carbonyl (C=O) groups excluding carboxylic acids is 1. The number of carbonyl (C=O) groups is 1. The van der Waals surface area contributed by atoms with Gasteiger partial charge < -0.3 is 25.3 Å². The van der Waals surface area contributed by atoms with Gasteiger partial charge in [0.2, 0.25) is 5.91 Å².